The molecule has 0 bridgehead atoms. The van der Waals surface area contributed by atoms with E-state index < -0.39 is 29.5 Å². The highest BCUT2D eigenvalue weighted by atomic mass is 19.1. The Bertz CT molecular complexity index is 615. The first-order valence-corrected chi connectivity index (χ1v) is 7.79. The molecule has 0 aromatic heterocycles. The van der Waals surface area contributed by atoms with E-state index in [-0.39, 0.29) is 24.7 Å². The van der Waals surface area contributed by atoms with Crippen molar-refractivity contribution < 1.29 is 23.5 Å². The van der Waals surface area contributed by atoms with Crippen molar-refractivity contribution in [3.8, 4) is 5.75 Å². The minimum Gasteiger partial charge on any atom is -0.485 e. The fourth-order valence-corrected chi connectivity index (χ4v) is 2.58. The van der Waals surface area contributed by atoms with Gasteiger partial charge in [-0.3, -0.25) is 0 Å². The summed E-state index contributed by atoms with van der Waals surface area (Å²) in [5.74, 6) is -0.896. The number of urea groups is 1. The highest BCUT2D eigenvalue weighted by Gasteiger charge is 2.42. The molecular weight excluding hydrogens is 315 g/mol. The van der Waals surface area contributed by atoms with Gasteiger partial charge in [0.2, 0.25) is 0 Å². The smallest absolute Gasteiger partial charge is 0.328 e. The van der Waals surface area contributed by atoms with Crippen molar-refractivity contribution in [2.75, 3.05) is 13.7 Å². The number of amides is 2. The maximum atomic E-state index is 13.7. The van der Waals surface area contributed by atoms with E-state index in [9.17, 15) is 14.0 Å². The number of nitrogens with zero attached hydrogens (tertiary/aromatic N) is 1. The molecule has 1 heterocycles. The maximum absolute atomic E-state index is 13.7. The number of halogens is 1. The van der Waals surface area contributed by atoms with E-state index in [1.165, 1.54) is 24.1 Å². The zero-order valence-electron chi connectivity index (χ0n) is 14.3. The summed E-state index contributed by atoms with van der Waals surface area (Å²) in [5.41, 5.74) is -0.442. The number of likely N-dealkylation sites (tertiary alicyclic amines) is 1. The Morgan fingerprint density at radius 1 is 1.29 bits per heavy atom. The van der Waals surface area contributed by atoms with E-state index in [0.29, 0.717) is 0 Å². The molecule has 0 spiro atoms. The quantitative estimate of drug-likeness (QED) is 0.859. The first kappa shape index (κ1) is 18.0. The van der Waals surface area contributed by atoms with Crippen LogP contribution in [0.1, 0.15) is 27.2 Å². The van der Waals surface area contributed by atoms with Gasteiger partial charge in [-0.25, -0.2) is 14.0 Å². The molecule has 2 rings (SSSR count). The van der Waals surface area contributed by atoms with E-state index in [0.717, 1.165) is 0 Å². The standard InChI is InChI=1S/C17H23FN2O4/c1-17(2,3)19-16(22)20-10-11(9-13(20)15(21)23-4)24-14-8-6-5-7-12(14)18/h5-8,11,13H,9-10H2,1-4H3,(H,19,22). The Kier molecular flexibility index (Phi) is 5.31. The third kappa shape index (κ3) is 4.37. The van der Waals surface area contributed by atoms with Crippen LogP contribution in [-0.4, -0.2) is 48.2 Å². The van der Waals surface area contributed by atoms with Gasteiger partial charge < -0.3 is 19.7 Å². The van der Waals surface area contributed by atoms with Crippen molar-refractivity contribution in [1.82, 2.24) is 10.2 Å². The van der Waals surface area contributed by atoms with Crippen molar-refractivity contribution in [1.29, 1.82) is 0 Å². The van der Waals surface area contributed by atoms with Gasteiger partial charge in [-0.15, -0.1) is 0 Å². The summed E-state index contributed by atoms with van der Waals surface area (Å²) in [6, 6.07) is 4.91. The van der Waals surface area contributed by atoms with Crippen LogP contribution >= 0.6 is 0 Å². The summed E-state index contributed by atoms with van der Waals surface area (Å²) < 4.78 is 24.1. The Balaban J connectivity index is 2.13. The molecule has 2 unspecified atom stereocenters. The average Bonchev–Trinajstić information content (AvgIpc) is 2.91. The molecule has 2 amide bonds. The van der Waals surface area contributed by atoms with E-state index in [2.05, 4.69) is 5.32 Å². The van der Waals surface area contributed by atoms with Crippen LogP contribution < -0.4 is 10.1 Å². The summed E-state index contributed by atoms with van der Waals surface area (Å²) in [4.78, 5) is 25.8. The molecule has 1 aliphatic rings. The highest BCUT2D eigenvalue weighted by molar-refractivity contribution is 5.84. The van der Waals surface area contributed by atoms with Gasteiger partial charge >= 0.3 is 12.0 Å². The number of ether oxygens (including phenoxy) is 2. The number of para-hydroxylation sites is 1. The van der Waals surface area contributed by atoms with E-state index in [1.807, 2.05) is 20.8 Å². The van der Waals surface area contributed by atoms with Crippen LogP contribution in [0.15, 0.2) is 24.3 Å². The summed E-state index contributed by atoms with van der Waals surface area (Å²) in [6.45, 7) is 5.72. The van der Waals surface area contributed by atoms with Crippen molar-refractivity contribution >= 4 is 12.0 Å². The summed E-state index contributed by atoms with van der Waals surface area (Å²) in [5, 5.41) is 2.82. The Morgan fingerprint density at radius 3 is 2.54 bits per heavy atom. The molecule has 0 radical (unpaired) electrons. The number of methoxy groups -OCH3 is 1. The zero-order valence-corrected chi connectivity index (χ0v) is 14.3. The monoisotopic (exact) mass is 338 g/mol. The molecular formula is C17H23FN2O4. The SMILES string of the molecule is COC(=O)C1CC(Oc2ccccc2F)CN1C(=O)NC(C)(C)C. The van der Waals surface area contributed by atoms with E-state index >= 15 is 0 Å². The largest absolute Gasteiger partial charge is 0.485 e. The topological polar surface area (TPSA) is 67.9 Å². The molecule has 0 aliphatic carbocycles. The van der Waals surface area contributed by atoms with Crippen molar-refractivity contribution in [3.63, 3.8) is 0 Å². The van der Waals surface area contributed by atoms with Crippen molar-refractivity contribution in [2.45, 2.75) is 44.9 Å². The predicted octanol–water partition coefficient (Wildman–Crippen LogP) is 2.33. The molecule has 1 aromatic carbocycles. The lowest BCUT2D eigenvalue weighted by Gasteiger charge is -2.28. The second-order valence-electron chi connectivity index (χ2n) is 6.78. The van der Waals surface area contributed by atoms with Gasteiger partial charge in [0.25, 0.3) is 0 Å². The Morgan fingerprint density at radius 2 is 1.96 bits per heavy atom. The number of nitrogens with one attached hydrogen (secondary N) is 1. The summed E-state index contributed by atoms with van der Waals surface area (Å²) in [7, 11) is 1.27. The van der Waals surface area contributed by atoms with Crippen LogP contribution in [0.4, 0.5) is 9.18 Å². The first-order valence-electron chi connectivity index (χ1n) is 7.79. The average molecular weight is 338 g/mol. The number of carbonyl (C=O) groups is 2. The van der Waals surface area contributed by atoms with Gasteiger partial charge in [0, 0.05) is 12.0 Å². The van der Waals surface area contributed by atoms with E-state index in [1.54, 1.807) is 12.1 Å². The van der Waals surface area contributed by atoms with Crippen LogP contribution in [0.3, 0.4) is 0 Å². The number of carbonyl (C=O) groups excluding carboxylic acids is 2. The summed E-state index contributed by atoms with van der Waals surface area (Å²) >= 11 is 0. The number of esters is 1. The number of rotatable bonds is 3. The molecule has 1 aromatic rings. The molecule has 1 aliphatic heterocycles. The third-order valence-electron chi connectivity index (χ3n) is 3.61. The van der Waals surface area contributed by atoms with Crippen LogP contribution in [0, 0.1) is 5.82 Å². The Hall–Kier alpha value is -2.31. The van der Waals surface area contributed by atoms with Crippen LogP contribution in [0.5, 0.6) is 5.75 Å². The lowest BCUT2D eigenvalue weighted by Crippen LogP contribution is -2.52. The molecule has 1 fully saturated rings. The predicted molar refractivity (Wildman–Crippen MR) is 86.2 cm³/mol. The van der Waals surface area contributed by atoms with Gasteiger partial charge in [0.1, 0.15) is 12.1 Å². The van der Waals surface area contributed by atoms with Gasteiger partial charge in [-0.05, 0) is 32.9 Å². The molecule has 7 heteroatoms. The second kappa shape index (κ2) is 7.07. The van der Waals surface area contributed by atoms with Gasteiger partial charge in [-0.1, -0.05) is 12.1 Å². The van der Waals surface area contributed by atoms with Gasteiger partial charge in [0.05, 0.1) is 13.7 Å². The number of benzene rings is 1. The minimum absolute atomic E-state index is 0.101. The molecule has 1 saturated heterocycles. The lowest BCUT2D eigenvalue weighted by atomic mass is 10.1. The molecule has 6 nitrogen and oxygen atoms in total. The van der Waals surface area contributed by atoms with Crippen molar-refractivity contribution in [2.24, 2.45) is 0 Å². The molecule has 1 N–H and O–H groups in total. The van der Waals surface area contributed by atoms with Crippen molar-refractivity contribution in [3.05, 3.63) is 30.1 Å². The minimum atomic E-state index is -0.755. The fourth-order valence-electron chi connectivity index (χ4n) is 2.58. The maximum Gasteiger partial charge on any atom is 0.328 e. The highest BCUT2D eigenvalue weighted by Crippen LogP contribution is 2.26. The summed E-state index contributed by atoms with van der Waals surface area (Å²) in [6.07, 6.45) is -0.241. The van der Waals surface area contributed by atoms with Crippen LogP contribution in [0.2, 0.25) is 0 Å². The normalized spacial score (nSPS) is 20.6. The second-order valence-corrected chi connectivity index (χ2v) is 6.78. The molecule has 2 atom stereocenters. The van der Waals surface area contributed by atoms with Gasteiger partial charge in [0.15, 0.2) is 11.6 Å². The van der Waals surface area contributed by atoms with Gasteiger partial charge in [-0.2, -0.15) is 0 Å². The zero-order chi connectivity index (χ0) is 17.9. The molecule has 24 heavy (non-hydrogen) atoms. The fraction of sp³-hybridized carbons (Fsp3) is 0.529. The third-order valence-corrected chi connectivity index (χ3v) is 3.61. The molecule has 0 saturated carbocycles. The van der Waals surface area contributed by atoms with Crippen LogP contribution in [-0.2, 0) is 9.53 Å². The lowest BCUT2D eigenvalue weighted by molar-refractivity contribution is -0.145. The first-order chi connectivity index (χ1) is 11.2. The van der Waals surface area contributed by atoms with Crippen LogP contribution in [0.25, 0.3) is 0 Å². The number of hydrogen-bond acceptors (Lipinski definition) is 4. The molecule has 132 valence electrons. The van der Waals surface area contributed by atoms with E-state index in [4.69, 9.17) is 9.47 Å². The number of hydrogen-bond donors (Lipinski definition) is 1. The Labute approximate surface area is 140 Å².